The van der Waals surface area contributed by atoms with Gasteiger partial charge in [0.05, 0.1) is 11.6 Å². The van der Waals surface area contributed by atoms with Gasteiger partial charge in [-0.3, -0.25) is 0 Å². The quantitative estimate of drug-likeness (QED) is 0.793. The predicted octanol–water partition coefficient (Wildman–Crippen LogP) is 3.47. The lowest BCUT2D eigenvalue weighted by molar-refractivity contribution is -0.250. The zero-order valence-electron chi connectivity index (χ0n) is 9.22. The van der Waals surface area contributed by atoms with Crippen molar-refractivity contribution in [1.82, 2.24) is 0 Å². The van der Waals surface area contributed by atoms with Crippen LogP contribution in [0.25, 0.3) is 0 Å². The third kappa shape index (κ3) is 4.05. The van der Waals surface area contributed by atoms with Gasteiger partial charge in [-0.25, -0.2) is 4.39 Å². The number of benzene rings is 1. The summed E-state index contributed by atoms with van der Waals surface area (Å²) in [7, 11) is 0. The molecule has 0 fully saturated rings. The molecule has 0 aliphatic carbocycles. The van der Waals surface area contributed by atoms with E-state index in [2.05, 4.69) is 4.74 Å². The van der Waals surface area contributed by atoms with Crippen LogP contribution < -0.4 is 4.74 Å². The Bertz CT molecular complexity index is 462. The fourth-order valence-corrected chi connectivity index (χ4v) is 1.12. The number of alkyl halides is 6. The fraction of sp³-hybridized carbons (Fsp3) is 0.364. The van der Waals surface area contributed by atoms with Crippen molar-refractivity contribution in [2.75, 3.05) is 6.61 Å². The predicted molar refractivity (Wildman–Crippen MR) is 52.6 cm³/mol. The molecular weight excluding hydrogens is 276 g/mol. The van der Waals surface area contributed by atoms with E-state index in [9.17, 15) is 26.3 Å². The molecule has 0 N–H and O–H groups in total. The molecule has 0 spiro atoms. The molecule has 1 aromatic rings. The maximum atomic E-state index is 12.9. The molecule has 2 nitrogen and oxygen atoms in total. The minimum Gasteiger partial charge on any atom is -0.487 e. The lowest BCUT2D eigenvalue weighted by Crippen LogP contribution is -2.45. The number of hydrogen-bond donors (Lipinski definition) is 0. The Morgan fingerprint density at radius 3 is 2.05 bits per heavy atom. The highest BCUT2D eigenvalue weighted by Crippen LogP contribution is 2.35. The molecule has 0 amide bonds. The van der Waals surface area contributed by atoms with Crippen LogP contribution in [0.1, 0.15) is 5.56 Å². The van der Waals surface area contributed by atoms with Gasteiger partial charge < -0.3 is 4.74 Å². The molecule has 8 heteroatoms. The van der Waals surface area contributed by atoms with Gasteiger partial charge in [0.15, 0.2) is 6.61 Å². The van der Waals surface area contributed by atoms with Crippen molar-refractivity contribution in [3.05, 3.63) is 29.8 Å². The molecule has 1 aromatic carbocycles. The molecule has 0 radical (unpaired) electrons. The van der Waals surface area contributed by atoms with E-state index < -0.39 is 24.9 Å². The van der Waals surface area contributed by atoms with Gasteiger partial charge in [-0.05, 0) is 24.3 Å². The number of nitrogens with zero attached hydrogens (tertiary/aromatic N) is 1. The summed E-state index contributed by atoms with van der Waals surface area (Å²) >= 11 is 0. The monoisotopic (exact) mass is 283 g/mol. The third-order valence-electron chi connectivity index (χ3n) is 2.07. The highest BCUT2D eigenvalue weighted by Gasteiger charge is 2.57. The minimum absolute atomic E-state index is 0.187. The van der Waals surface area contributed by atoms with Crippen molar-refractivity contribution in [1.29, 1.82) is 5.26 Å². The van der Waals surface area contributed by atoms with E-state index in [0.717, 1.165) is 12.1 Å². The summed E-state index contributed by atoms with van der Waals surface area (Å²) in [6, 6.07) is 6.45. The van der Waals surface area contributed by atoms with Gasteiger partial charge in [0.2, 0.25) is 0 Å². The third-order valence-corrected chi connectivity index (χ3v) is 2.07. The van der Waals surface area contributed by atoms with Gasteiger partial charge in [0, 0.05) is 0 Å². The molecule has 1 unspecified atom stereocenters. The average molecular weight is 283 g/mol. The normalized spacial score (nSPS) is 13.7. The van der Waals surface area contributed by atoms with Gasteiger partial charge in [0.25, 0.3) is 6.17 Å². The molecule has 0 saturated heterocycles. The Hall–Kier alpha value is -1.91. The van der Waals surface area contributed by atoms with Crippen LogP contribution in [0.5, 0.6) is 5.75 Å². The van der Waals surface area contributed by atoms with Crippen LogP contribution >= 0.6 is 0 Å². The topological polar surface area (TPSA) is 33.0 Å². The number of halogens is 6. The number of nitriles is 1. The van der Waals surface area contributed by atoms with Crippen LogP contribution in [-0.4, -0.2) is 24.9 Å². The van der Waals surface area contributed by atoms with Crippen LogP contribution in [0.3, 0.4) is 0 Å². The van der Waals surface area contributed by atoms with Gasteiger partial charge >= 0.3 is 12.1 Å². The minimum atomic E-state index is -5.66. The van der Waals surface area contributed by atoms with Gasteiger partial charge in [0.1, 0.15) is 5.75 Å². The first-order chi connectivity index (χ1) is 8.66. The SMILES string of the molecule is N#Cc1ccc(OCC(F)(F)C(F)C(F)(F)F)cc1. The fourth-order valence-electron chi connectivity index (χ4n) is 1.12. The van der Waals surface area contributed by atoms with E-state index in [1.165, 1.54) is 12.1 Å². The largest absolute Gasteiger partial charge is 0.487 e. The van der Waals surface area contributed by atoms with Crippen molar-refractivity contribution in [3.63, 3.8) is 0 Å². The zero-order chi connectivity index (χ0) is 14.7. The average Bonchev–Trinajstić information content (AvgIpc) is 2.35. The van der Waals surface area contributed by atoms with Gasteiger partial charge in [-0.15, -0.1) is 0 Å². The summed E-state index contributed by atoms with van der Waals surface area (Å²) in [5, 5.41) is 8.46. The Morgan fingerprint density at radius 2 is 1.63 bits per heavy atom. The van der Waals surface area contributed by atoms with E-state index in [0.29, 0.717) is 0 Å². The molecule has 19 heavy (non-hydrogen) atoms. The molecule has 104 valence electrons. The summed E-state index contributed by atoms with van der Waals surface area (Å²) in [6.45, 7) is -1.75. The second kappa shape index (κ2) is 5.38. The van der Waals surface area contributed by atoms with E-state index in [-0.39, 0.29) is 11.3 Å². The molecular formula is C11H7F6NO. The Kier molecular flexibility index (Phi) is 4.29. The smallest absolute Gasteiger partial charge is 0.425 e. The lowest BCUT2D eigenvalue weighted by atomic mass is 10.2. The van der Waals surface area contributed by atoms with E-state index in [1.807, 2.05) is 0 Å². The maximum Gasteiger partial charge on any atom is 0.425 e. The molecule has 0 aromatic heterocycles. The van der Waals surface area contributed by atoms with E-state index in [4.69, 9.17) is 5.26 Å². The molecule has 0 aliphatic rings. The first-order valence-corrected chi connectivity index (χ1v) is 4.88. The highest BCUT2D eigenvalue weighted by atomic mass is 19.4. The van der Waals surface area contributed by atoms with Crippen molar-refractivity contribution in [2.45, 2.75) is 18.3 Å². The Labute approximate surface area is 104 Å². The first kappa shape index (κ1) is 15.1. The maximum absolute atomic E-state index is 12.9. The van der Waals surface area contributed by atoms with Crippen molar-refractivity contribution in [3.8, 4) is 11.8 Å². The number of rotatable bonds is 4. The molecule has 1 rings (SSSR count). The van der Waals surface area contributed by atoms with Crippen LogP contribution in [0, 0.1) is 11.3 Å². The lowest BCUT2D eigenvalue weighted by Gasteiger charge is -2.22. The first-order valence-electron chi connectivity index (χ1n) is 4.88. The second-order valence-electron chi connectivity index (χ2n) is 3.59. The molecule has 0 bridgehead atoms. The Morgan fingerprint density at radius 1 is 1.11 bits per heavy atom. The van der Waals surface area contributed by atoms with Crippen LogP contribution in [-0.2, 0) is 0 Å². The zero-order valence-corrected chi connectivity index (χ0v) is 9.22. The summed E-state index contributed by atoms with van der Waals surface area (Å²) in [6.07, 6.45) is -9.95. The summed E-state index contributed by atoms with van der Waals surface area (Å²) in [5.41, 5.74) is 0.220. The molecule has 1 atom stereocenters. The van der Waals surface area contributed by atoms with Crippen molar-refractivity contribution >= 4 is 0 Å². The Balaban J connectivity index is 2.67. The van der Waals surface area contributed by atoms with E-state index in [1.54, 1.807) is 6.07 Å². The molecule has 0 aliphatic heterocycles. The van der Waals surface area contributed by atoms with Crippen LogP contribution in [0.4, 0.5) is 26.3 Å². The summed E-state index contributed by atoms with van der Waals surface area (Å²) < 4.78 is 78.1. The number of ether oxygens (including phenoxy) is 1. The molecule has 0 heterocycles. The van der Waals surface area contributed by atoms with E-state index >= 15 is 0 Å². The van der Waals surface area contributed by atoms with Gasteiger partial charge in [-0.1, -0.05) is 0 Å². The summed E-state index contributed by atoms with van der Waals surface area (Å²) in [5.74, 6) is -4.88. The summed E-state index contributed by atoms with van der Waals surface area (Å²) in [4.78, 5) is 0. The second-order valence-corrected chi connectivity index (χ2v) is 3.59. The number of hydrogen-bond acceptors (Lipinski definition) is 2. The highest BCUT2D eigenvalue weighted by molar-refractivity contribution is 5.34. The molecule has 0 saturated carbocycles. The van der Waals surface area contributed by atoms with Crippen LogP contribution in [0.15, 0.2) is 24.3 Å². The van der Waals surface area contributed by atoms with Gasteiger partial charge in [-0.2, -0.15) is 27.2 Å². The van der Waals surface area contributed by atoms with Crippen molar-refractivity contribution in [2.24, 2.45) is 0 Å². The van der Waals surface area contributed by atoms with Crippen molar-refractivity contribution < 1.29 is 31.1 Å². The standard InChI is InChI=1S/C11H7F6NO/c12-9(11(15,16)17)10(13,14)6-19-8-3-1-7(5-18)2-4-8/h1-4,9H,6H2. The van der Waals surface area contributed by atoms with Crippen LogP contribution in [0.2, 0.25) is 0 Å².